The number of quaternary nitrogens is 1. The molecule has 0 rings (SSSR count). The summed E-state index contributed by atoms with van der Waals surface area (Å²) < 4.78 is 30.3. The first-order valence-electron chi connectivity index (χ1n) is 30.9. The minimum Gasteiger partial charge on any atom is -0.756 e. The van der Waals surface area contributed by atoms with E-state index < -0.39 is 26.6 Å². The molecule has 1 N–H and O–H groups in total. The number of esters is 1. The Morgan fingerprint density at radius 2 is 0.853 bits per heavy atom. The maximum atomic E-state index is 13.5. The lowest BCUT2D eigenvalue weighted by Gasteiger charge is -2.30. The summed E-state index contributed by atoms with van der Waals surface area (Å²) >= 11 is 0. The van der Waals surface area contributed by atoms with Gasteiger partial charge in [-0.1, -0.05) is 254 Å². The van der Waals surface area contributed by atoms with Crippen LogP contribution >= 0.6 is 7.82 Å². The van der Waals surface area contributed by atoms with Crippen LogP contribution in [0.4, 0.5) is 0 Å². The van der Waals surface area contributed by atoms with Gasteiger partial charge in [0, 0.05) is 12.8 Å². The van der Waals surface area contributed by atoms with Crippen LogP contribution in [0.3, 0.4) is 0 Å². The van der Waals surface area contributed by atoms with Crippen LogP contribution in [0.5, 0.6) is 0 Å². The molecule has 3 unspecified atom stereocenters. The number of carbonyl (C=O) groups excluding carboxylic acids is 2. The molecule has 0 saturated carbocycles. The quantitative estimate of drug-likeness (QED) is 0.0212. The van der Waals surface area contributed by atoms with E-state index in [0.717, 1.165) is 89.9 Å². The summed E-state index contributed by atoms with van der Waals surface area (Å²) in [5.74, 6) is -0.589. The number of hydrogen-bond donors (Lipinski definition) is 1. The molecule has 0 aromatic heterocycles. The van der Waals surface area contributed by atoms with Gasteiger partial charge in [-0.3, -0.25) is 14.2 Å². The van der Waals surface area contributed by atoms with Gasteiger partial charge in [-0.05, 0) is 83.1 Å². The number of amides is 1. The zero-order valence-electron chi connectivity index (χ0n) is 49.5. The average molecular weight is 1070 g/mol. The van der Waals surface area contributed by atoms with Crippen LogP contribution < -0.4 is 10.2 Å². The summed E-state index contributed by atoms with van der Waals surface area (Å²) in [6, 6.07) is -0.913. The lowest BCUT2D eigenvalue weighted by atomic mass is 10.0. The number of ether oxygens (including phenoxy) is 1. The Labute approximate surface area is 463 Å². The van der Waals surface area contributed by atoms with E-state index in [9.17, 15) is 19.0 Å². The molecule has 0 aliphatic heterocycles. The molecule has 75 heavy (non-hydrogen) atoms. The molecule has 0 aromatic carbocycles. The molecule has 0 aliphatic rings. The maximum Gasteiger partial charge on any atom is 0.306 e. The first kappa shape index (κ1) is 72.2. The van der Waals surface area contributed by atoms with E-state index in [4.69, 9.17) is 13.8 Å². The lowest BCUT2D eigenvalue weighted by Crippen LogP contribution is -2.47. The number of phosphoric ester groups is 1. The molecule has 1 amide bonds. The van der Waals surface area contributed by atoms with Gasteiger partial charge in [0.15, 0.2) is 0 Å². The summed E-state index contributed by atoms with van der Waals surface area (Å²) in [6.07, 6.45) is 71.3. The Hall–Kier alpha value is -2.81. The van der Waals surface area contributed by atoms with Gasteiger partial charge < -0.3 is 28.5 Å². The number of phosphoric acid groups is 1. The third-order valence-electron chi connectivity index (χ3n) is 13.3. The van der Waals surface area contributed by atoms with Gasteiger partial charge in [0.2, 0.25) is 5.91 Å². The van der Waals surface area contributed by atoms with Crippen LogP contribution in [0, 0.1) is 0 Å². The van der Waals surface area contributed by atoms with Crippen LogP contribution in [-0.2, 0) is 27.9 Å². The first-order chi connectivity index (χ1) is 36.4. The van der Waals surface area contributed by atoms with Gasteiger partial charge in [0.05, 0.1) is 33.8 Å². The van der Waals surface area contributed by atoms with Crippen molar-refractivity contribution < 1.29 is 37.3 Å². The molecule has 0 aromatic rings. The maximum absolute atomic E-state index is 13.5. The van der Waals surface area contributed by atoms with E-state index in [0.29, 0.717) is 17.4 Å². The number of nitrogens with zero attached hydrogens (tertiary/aromatic N) is 1. The molecule has 10 heteroatoms. The molecule has 0 aliphatic carbocycles. The van der Waals surface area contributed by atoms with Gasteiger partial charge in [-0.25, -0.2) is 0 Å². The predicted octanol–water partition coefficient (Wildman–Crippen LogP) is 18.4. The fourth-order valence-electron chi connectivity index (χ4n) is 8.58. The van der Waals surface area contributed by atoms with Gasteiger partial charge in [0.25, 0.3) is 7.82 Å². The second kappa shape index (κ2) is 54.5. The molecule has 0 saturated heterocycles. The topological polar surface area (TPSA) is 114 Å². The van der Waals surface area contributed by atoms with E-state index in [1.165, 1.54) is 135 Å². The number of likely N-dealkylation sites (N-methyl/N-ethyl adjacent to an activating group) is 1. The molecule has 9 nitrogen and oxygen atoms in total. The molecule has 0 spiro atoms. The Morgan fingerprint density at radius 3 is 1.29 bits per heavy atom. The molecule has 3 atom stereocenters. The van der Waals surface area contributed by atoms with Crippen molar-refractivity contribution in [3.63, 3.8) is 0 Å². The second-order valence-corrected chi connectivity index (χ2v) is 23.2. The SMILES string of the molecule is CC/C=C\C/C=C\C/C=C\C/C=C\C/C=C\C/C=C\CCCCC(=O)NC(COP(=O)([O-])OCC[N+](C)(C)C)C(/C=C/CCCCCCCCCCC)OC(=O)CCCCCCCCCCCCCCCCCCC. The summed E-state index contributed by atoms with van der Waals surface area (Å²) in [5.41, 5.74) is 0. The van der Waals surface area contributed by atoms with Crippen LogP contribution in [-0.4, -0.2) is 69.4 Å². The van der Waals surface area contributed by atoms with E-state index in [-0.39, 0.29) is 31.3 Å². The van der Waals surface area contributed by atoms with Crippen molar-refractivity contribution in [3.05, 3.63) is 85.1 Å². The van der Waals surface area contributed by atoms with Crippen LogP contribution in [0.1, 0.15) is 265 Å². The summed E-state index contributed by atoms with van der Waals surface area (Å²) in [6.45, 7) is 6.70. The number of carbonyl (C=O) groups is 2. The Balaban J connectivity index is 5.30. The number of unbranched alkanes of at least 4 members (excludes halogenated alkanes) is 27. The standard InChI is InChI=1S/C65H117N2O7P/c1-7-10-13-16-19-22-25-27-29-31-32-33-34-36-37-39-42-45-48-51-54-57-64(68)66-62(61-73-75(70,71)72-60-59-67(4,5)6)63(56-53-50-47-44-41-24-21-18-15-12-9-3)74-65(69)58-55-52-49-46-43-40-38-35-30-28-26-23-20-17-14-11-8-2/h10,13,19,22,27,29,32-33,36-37,42,45,53,56,62-63H,7-9,11-12,14-18,20-21,23-26,28,30-31,34-35,38-41,43-44,46-52,54-55,57-61H2,1-6H3,(H-,66,68,70,71)/b13-10-,22-19-,29-27-,33-32-,37-36-,45-42-,56-53+. The molecule has 0 bridgehead atoms. The van der Waals surface area contributed by atoms with Crippen LogP contribution in [0.15, 0.2) is 85.1 Å². The van der Waals surface area contributed by atoms with Gasteiger partial charge >= 0.3 is 5.97 Å². The highest BCUT2D eigenvalue weighted by atomic mass is 31.2. The highest BCUT2D eigenvalue weighted by molar-refractivity contribution is 7.45. The smallest absolute Gasteiger partial charge is 0.306 e. The number of allylic oxidation sites excluding steroid dienone is 13. The Bertz CT molecular complexity index is 1560. The molecule has 0 fully saturated rings. The average Bonchev–Trinajstić information content (AvgIpc) is 3.37. The zero-order valence-corrected chi connectivity index (χ0v) is 50.4. The predicted molar refractivity (Wildman–Crippen MR) is 321 cm³/mol. The summed E-state index contributed by atoms with van der Waals surface area (Å²) in [4.78, 5) is 39.9. The van der Waals surface area contributed by atoms with Crippen LogP contribution in [0.25, 0.3) is 0 Å². The molecule has 0 heterocycles. The molecule has 434 valence electrons. The summed E-state index contributed by atoms with van der Waals surface area (Å²) in [5, 5.41) is 3.00. The zero-order chi connectivity index (χ0) is 55.0. The number of hydrogen-bond acceptors (Lipinski definition) is 7. The summed E-state index contributed by atoms with van der Waals surface area (Å²) in [7, 11) is 1.15. The van der Waals surface area contributed by atoms with Crippen LogP contribution in [0.2, 0.25) is 0 Å². The monoisotopic (exact) mass is 1070 g/mol. The van der Waals surface area contributed by atoms with Crippen molar-refractivity contribution in [3.8, 4) is 0 Å². The van der Waals surface area contributed by atoms with E-state index in [1.807, 2.05) is 33.3 Å². The number of nitrogens with one attached hydrogen (secondary N) is 1. The largest absolute Gasteiger partial charge is 0.756 e. The molecular formula is C65H117N2O7P. The fraction of sp³-hybridized carbons (Fsp3) is 0.754. The van der Waals surface area contributed by atoms with Crippen molar-refractivity contribution in [1.82, 2.24) is 5.32 Å². The van der Waals surface area contributed by atoms with Crippen molar-refractivity contribution in [2.45, 2.75) is 277 Å². The highest BCUT2D eigenvalue weighted by Crippen LogP contribution is 2.38. The second-order valence-electron chi connectivity index (χ2n) is 21.8. The van der Waals surface area contributed by atoms with E-state index in [2.05, 4.69) is 99.0 Å². The van der Waals surface area contributed by atoms with Crippen molar-refractivity contribution >= 4 is 19.7 Å². The van der Waals surface area contributed by atoms with Gasteiger partial charge in [0.1, 0.15) is 19.3 Å². The minimum absolute atomic E-state index is 0.0333. The Morgan fingerprint density at radius 1 is 0.480 bits per heavy atom. The van der Waals surface area contributed by atoms with Crippen molar-refractivity contribution in [1.29, 1.82) is 0 Å². The Kier molecular flexibility index (Phi) is 52.5. The number of rotatable bonds is 55. The van der Waals surface area contributed by atoms with Gasteiger partial charge in [-0.2, -0.15) is 0 Å². The highest BCUT2D eigenvalue weighted by Gasteiger charge is 2.27. The third-order valence-corrected chi connectivity index (χ3v) is 14.3. The first-order valence-corrected chi connectivity index (χ1v) is 32.4. The van der Waals surface area contributed by atoms with Crippen molar-refractivity contribution in [2.75, 3.05) is 40.9 Å². The fourth-order valence-corrected chi connectivity index (χ4v) is 9.31. The normalized spacial score (nSPS) is 14.3. The van der Waals surface area contributed by atoms with E-state index >= 15 is 0 Å². The molecule has 0 radical (unpaired) electrons. The minimum atomic E-state index is -4.71. The van der Waals surface area contributed by atoms with E-state index in [1.54, 1.807) is 0 Å². The van der Waals surface area contributed by atoms with Crippen molar-refractivity contribution in [2.24, 2.45) is 0 Å². The lowest BCUT2D eigenvalue weighted by molar-refractivity contribution is -0.870. The third kappa shape index (κ3) is 55.7. The van der Waals surface area contributed by atoms with Gasteiger partial charge in [-0.15, -0.1) is 0 Å². The molecular weight excluding hydrogens is 952 g/mol.